The molecule has 0 spiro atoms. The maximum atomic E-state index is 6.46. The first kappa shape index (κ1) is 21.9. The molecule has 1 fully saturated rings. The fraction of sp³-hybridized carbons (Fsp3) is 0.524. The minimum Gasteiger partial charge on any atom is -0.494 e. The fourth-order valence-corrected chi connectivity index (χ4v) is 3.29. The summed E-state index contributed by atoms with van der Waals surface area (Å²) in [6, 6.07) is 2.69. The molecule has 0 unspecified atom stereocenters. The Morgan fingerprint density at radius 3 is 2.86 bits per heavy atom. The third-order valence-electron chi connectivity index (χ3n) is 5.03. The van der Waals surface area contributed by atoms with Crippen LogP contribution in [0, 0.1) is 12.5 Å². The van der Waals surface area contributed by atoms with Crippen molar-refractivity contribution >= 4 is 0 Å². The maximum Gasteiger partial charge on any atom is 0.112 e. The van der Waals surface area contributed by atoms with Gasteiger partial charge < -0.3 is 37.5 Å². The molecule has 2 aliphatic heterocycles. The number of nitrogens with zero attached hydrogens (tertiary/aromatic N) is 1. The van der Waals surface area contributed by atoms with Gasteiger partial charge in [-0.3, -0.25) is 0 Å². The largest absolute Gasteiger partial charge is 0.494 e. The predicted octanol–water partition coefficient (Wildman–Crippen LogP) is 0.789. The quantitative estimate of drug-likeness (QED) is 0.250. The Balaban J connectivity index is 2.04. The summed E-state index contributed by atoms with van der Waals surface area (Å²) in [6.45, 7) is 7.39. The molecule has 2 aliphatic rings. The summed E-state index contributed by atoms with van der Waals surface area (Å²) >= 11 is 0. The Kier molecular flexibility index (Phi) is 8.95. The molecule has 0 radical (unpaired) electrons. The Hall–Kier alpha value is -2.40. The highest BCUT2D eigenvalue weighted by molar-refractivity contribution is 5.27. The summed E-state index contributed by atoms with van der Waals surface area (Å²) in [4.78, 5) is 2.39. The third-order valence-corrected chi connectivity index (χ3v) is 5.03. The number of hydrogen-bond acceptors (Lipinski definition) is 7. The van der Waals surface area contributed by atoms with Crippen molar-refractivity contribution in [1.82, 2.24) is 15.5 Å². The van der Waals surface area contributed by atoms with Crippen molar-refractivity contribution < 1.29 is 4.74 Å². The second-order valence-corrected chi connectivity index (χ2v) is 7.21. The second kappa shape index (κ2) is 11.4. The van der Waals surface area contributed by atoms with E-state index in [4.69, 9.17) is 28.4 Å². The molecule has 7 nitrogen and oxygen atoms in total. The van der Waals surface area contributed by atoms with Crippen LogP contribution in [0.1, 0.15) is 32.1 Å². The van der Waals surface area contributed by atoms with Crippen molar-refractivity contribution in [3.8, 4) is 12.5 Å². The molecule has 0 aromatic heterocycles. The van der Waals surface area contributed by atoms with Crippen LogP contribution in [-0.2, 0) is 4.74 Å². The van der Waals surface area contributed by atoms with E-state index in [9.17, 15) is 0 Å². The standard InChI is InChI=1S/C21H34N6O/c1-3-25-20(23)19(11-14-27-12-9-17(22)10-13-27)21(24)26-18-6-4-5-15-28-16(2)7-8-18/h1,6-8,17,21,25-26H,2,4-5,9-15,22-24H2/b8-7-,18-6+,20-19+/t21-/m1/s1. The summed E-state index contributed by atoms with van der Waals surface area (Å²) in [7, 11) is 0. The fourth-order valence-electron chi connectivity index (χ4n) is 3.29. The van der Waals surface area contributed by atoms with Gasteiger partial charge in [0.15, 0.2) is 0 Å². The van der Waals surface area contributed by atoms with Crippen molar-refractivity contribution in [2.24, 2.45) is 17.2 Å². The number of piperidine rings is 1. The Bertz CT molecular complexity index is 652. The average Bonchev–Trinajstić information content (AvgIpc) is 2.76. The van der Waals surface area contributed by atoms with Crippen LogP contribution in [0.4, 0.5) is 0 Å². The zero-order valence-corrected chi connectivity index (χ0v) is 16.6. The van der Waals surface area contributed by atoms with E-state index in [1.807, 2.05) is 12.2 Å². The van der Waals surface area contributed by atoms with Crippen molar-refractivity contribution in [2.75, 3.05) is 26.2 Å². The van der Waals surface area contributed by atoms with E-state index in [1.54, 1.807) is 0 Å². The van der Waals surface area contributed by atoms with Gasteiger partial charge >= 0.3 is 0 Å². The summed E-state index contributed by atoms with van der Waals surface area (Å²) in [6.07, 6.45) is 15.3. The lowest BCUT2D eigenvalue weighted by molar-refractivity contribution is 0.214. The molecule has 0 saturated carbocycles. The first-order valence-electron chi connectivity index (χ1n) is 9.89. The van der Waals surface area contributed by atoms with Gasteiger partial charge in [0.25, 0.3) is 0 Å². The van der Waals surface area contributed by atoms with Crippen LogP contribution in [0.5, 0.6) is 0 Å². The summed E-state index contributed by atoms with van der Waals surface area (Å²) in [5.41, 5.74) is 20.4. The smallest absolute Gasteiger partial charge is 0.112 e. The number of rotatable bonds is 7. The van der Waals surface area contributed by atoms with Gasteiger partial charge in [0.2, 0.25) is 0 Å². The van der Waals surface area contributed by atoms with E-state index in [2.05, 4.69) is 34.2 Å². The van der Waals surface area contributed by atoms with Crippen molar-refractivity contribution in [3.05, 3.63) is 47.7 Å². The summed E-state index contributed by atoms with van der Waals surface area (Å²) in [5, 5.41) is 6.09. The van der Waals surface area contributed by atoms with E-state index in [1.165, 1.54) is 0 Å². The zero-order valence-electron chi connectivity index (χ0n) is 16.6. The lowest BCUT2D eigenvalue weighted by atomic mass is 10.0. The molecular formula is C21H34N6O. The number of nitrogens with one attached hydrogen (secondary N) is 2. The van der Waals surface area contributed by atoms with Gasteiger partial charge in [0.05, 0.1) is 6.61 Å². The monoisotopic (exact) mass is 386 g/mol. The second-order valence-electron chi connectivity index (χ2n) is 7.21. The average molecular weight is 387 g/mol. The zero-order chi connectivity index (χ0) is 20.4. The van der Waals surface area contributed by atoms with Gasteiger partial charge in [-0.1, -0.05) is 19.1 Å². The van der Waals surface area contributed by atoms with E-state index in [0.29, 0.717) is 24.2 Å². The van der Waals surface area contributed by atoms with Gasteiger partial charge in [0.1, 0.15) is 17.7 Å². The Morgan fingerprint density at radius 1 is 1.39 bits per heavy atom. The third kappa shape index (κ3) is 7.31. The molecule has 1 atom stereocenters. The molecule has 8 N–H and O–H groups in total. The molecule has 0 aromatic rings. The van der Waals surface area contributed by atoms with Crippen LogP contribution in [0.2, 0.25) is 0 Å². The lowest BCUT2D eigenvalue weighted by Gasteiger charge is -2.31. The van der Waals surface area contributed by atoms with E-state index in [0.717, 1.165) is 63.0 Å². The molecule has 7 heteroatoms. The minimum atomic E-state index is -0.460. The maximum absolute atomic E-state index is 6.46. The normalized spacial score (nSPS) is 24.2. The Labute approximate surface area is 168 Å². The van der Waals surface area contributed by atoms with Gasteiger partial charge in [-0.2, -0.15) is 0 Å². The number of terminal acetylenes is 1. The van der Waals surface area contributed by atoms with E-state index >= 15 is 0 Å². The number of hydrogen-bond donors (Lipinski definition) is 5. The van der Waals surface area contributed by atoms with Crippen molar-refractivity contribution in [2.45, 2.75) is 44.3 Å². The Morgan fingerprint density at radius 2 is 2.14 bits per heavy atom. The molecule has 1 saturated heterocycles. The number of ether oxygens (including phenoxy) is 1. The van der Waals surface area contributed by atoms with Crippen LogP contribution >= 0.6 is 0 Å². The molecule has 2 rings (SSSR count). The molecular weight excluding hydrogens is 352 g/mol. The number of allylic oxidation sites excluding steroid dienone is 3. The number of nitrogens with two attached hydrogens (primary N) is 3. The summed E-state index contributed by atoms with van der Waals surface area (Å²) in [5.74, 6) is 1.06. The van der Waals surface area contributed by atoms with E-state index in [-0.39, 0.29) is 0 Å². The van der Waals surface area contributed by atoms with Crippen molar-refractivity contribution in [3.63, 3.8) is 0 Å². The predicted molar refractivity (Wildman–Crippen MR) is 114 cm³/mol. The first-order valence-corrected chi connectivity index (χ1v) is 9.89. The van der Waals surface area contributed by atoms with Gasteiger partial charge in [-0.25, -0.2) is 0 Å². The SMILES string of the molecule is C#CN/C(N)=C(\CCN1CCC(N)CC1)[C@H](N)NC1=C/CCCOC(=C)/C=C\1. The molecule has 0 amide bonds. The molecule has 28 heavy (non-hydrogen) atoms. The highest BCUT2D eigenvalue weighted by Gasteiger charge is 2.19. The highest BCUT2D eigenvalue weighted by atomic mass is 16.5. The highest BCUT2D eigenvalue weighted by Crippen LogP contribution is 2.15. The topological polar surface area (TPSA) is 115 Å². The van der Waals surface area contributed by atoms with Gasteiger partial charge in [-0.15, -0.1) is 0 Å². The van der Waals surface area contributed by atoms with Gasteiger partial charge in [0, 0.05) is 29.9 Å². The van der Waals surface area contributed by atoms with Crippen LogP contribution in [0.3, 0.4) is 0 Å². The number of likely N-dealkylation sites (tertiary alicyclic amines) is 1. The minimum absolute atomic E-state index is 0.309. The summed E-state index contributed by atoms with van der Waals surface area (Å²) < 4.78 is 5.50. The lowest BCUT2D eigenvalue weighted by Crippen LogP contribution is -2.43. The van der Waals surface area contributed by atoms with E-state index < -0.39 is 6.17 Å². The molecule has 0 aromatic carbocycles. The molecule has 154 valence electrons. The van der Waals surface area contributed by atoms with Crippen LogP contribution < -0.4 is 27.8 Å². The molecule has 2 heterocycles. The van der Waals surface area contributed by atoms with Gasteiger partial charge in [-0.05, 0) is 57.3 Å². The molecule has 0 bridgehead atoms. The van der Waals surface area contributed by atoms with Crippen molar-refractivity contribution in [1.29, 1.82) is 0 Å². The van der Waals surface area contributed by atoms with Crippen LogP contribution in [-0.4, -0.2) is 43.3 Å². The first-order chi connectivity index (χ1) is 13.5. The molecule has 0 aliphatic carbocycles. The van der Waals surface area contributed by atoms with Crippen LogP contribution in [0.15, 0.2) is 47.7 Å². The van der Waals surface area contributed by atoms with Crippen LogP contribution in [0.25, 0.3) is 0 Å².